The van der Waals surface area contributed by atoms with Crippen LogP contribution in [0.4, 0.5) is 5.95 Å². The molecule has 0 bridgehead atoms. The normalized spacial score (nSPS) is 21.6. The number of carbonyl (C=O) groups is 1. The molecule has 0 spiro atoms. The Morgan fingerprint density at radius 2 is 2.14 bits per heavy atom. The number of rotatable bonds is 6. The second kappa shape index (κ2) is 6.85. The molecule has 1 aliphatic heterocycles. The third-order valence-corrected chi connectivity index (χ3v) is 3.98. The van der Waals surface area contributed by atoms with E-state index < -0.39 is 0 Å². The van der Waals surface area contributed by atoms with Crippen molar-refractivity contribution in [3.63, 3.8) is 0 Å². The van der Waals surface area contributed by atoms with Gasteiger partial charge in [0, 0.05) is 44.6 Å². The average Bonchev–Trinajstić information content (AvgIpc) is 2.91. The van der Waals surface area contributed by atoms with Gasteiger partial charge in [-0.15, -0.1) is 0 Å². The molecule has 1 aromatic heterocycles. The fourth-order valence-corrected chi connectivity index (χ4v) is 2.63. The summed E-state index contributed by atoms with van der Waals surface area (Å²) in [7, 11) is 1.69. The molecule has 1 aromatic rings. The van der Waals surface area contributed by atoms with Gasteiger partial charge in [0.1, 0.15) is 0 Å². The van der Waals surface area contributed by atoms with Crippen LogP contribution < -0.4 is 15.5 Å². The van der Waals surface area contributed by atoms with Gasteiger partial charge in [-0.25, -0.2) is 9.97 Å². The molecule has 0 aromatic carbocycles. The lowest BCUT2D eigenvalue weighted by Crippen LogP contribution is -2.39. The molecular formula is C15H25N5O. The number of anilines is 1. The Morgan fingerprint density at radius 1 is 1.43 bits per heavy atom. The zero-order chi connectivity index (χ0) is 15.3. The molecule has 0 aliphatic carbocycles. The first-order chi connectivity index (χ1) is 10.1. The van der Waals surface area contributed by atoms with E-state index in [4.69, 9.17) is 0 Å². The van der Waals surface area contributed by atoms with E-state index in [9.17, 15) is 4.79 Å². The number of hydrogen-bond acceptors (Lipinski definition) is 5. The van der Waals surface area contributed by atoms with E-state index in [1.54, 1.807) is 7.05 Å². The van der Waals surface area contributed by atoms with Crippen LogP contribution in [-0.4, -0.2) is 42.6 Å². The molecular weight excluding hydrogens is 266 g/mol. The SMILES string of the molecule is CCCNCc1cnc(N2CCC(C)(C(=O)NC)C2)nc1. The molecule has 2 rings (SSSR count). The number of amides is 1. The Bertz CT molecular complexity index is 475. The van der Waals surface area contributed by atoms with Gasteiger partial charge in [0.15, 0.2) is 0 Å². The summed E-state index contributed by atoms with van der Waals surface area (Å²) in [5.74, 6) is 0.798. The molecule has 2 heterocycles. The Morgan fingerprint density at radius 3 is 2.76 bits per heavy atom. The first-order valence-electron chi connectivity index (χ1n) is 7.58. The number of hydrogen-bond donors (Lipinski definition) is 2. The van der Waals surface area contributed by atoms with Crippen LogP contribution in [0.3, 0.4) is 0 Å². The van der Waals surface area contributed by atoms with E-state index in [-0.39, 0.29) is 11.3 Å². The van der Waals surface area contributed by atoms with Crippen molar-refractivity contribution in [1.82, 2.24) is 20.6 Å². The Labute approximate surface area is 126 Å². The number of carbonyl (C=O) groups excluding carboxylic acids is 1. The third kappa shape index (κ3) is 3.69. The summed E-state index contributed by atoms with van der Waals surface area (Å²) < 4.78 is 0. The summed E-state index contributed by atoms with van der Waals surface area (Å²) in [5.41, 5.74) is 0.736. The quantitative estimate of drug-likeness (QED) is 0.763. The fraction of sp³-hybridized carbons (Fsp3) is 0.667. The minimum atomic E-state index is -0.348. The lowest BCUT2D eigenvalue weighted by atomic mass is 9.89. The van der Waals surface area contributed by atoms with E-state index >= 15 is 0 Å². The van der Waals surface area contributed by atoms with E-state index in [1.165, 1.54) is 0 Å². The lowest BCUT2D eigenvalue weighted by Gasteiger charge is -2.22. The van der Waals surface area contributed by atoms with E-state index in [0.717, 1.165) is 38.0 Å². The van der Waals surface area contributed by atoms with Gasteiger partial charge in [0.25, 0.3) is 0 Å². The summed E-state index contributed by atoms with van der Waals surface area (Å²) in [6, 6.07) is 0. The minimum absolute atomic E-state index is 0.0883. The molecule has 1 unspecified atom stereocenters. The highest BCUT2D eigenvalue weighted by molar-refractivity contribution is 5.83. The summed E-state index contributed by atoms with van der Waals surface area (Å²) >= 11 is 0. The maximum absolute atomic E-state index is 11.9. The van der Waals surface area contributed by atoms with E-state index in [0.29, 0.717) is 12.5 Å². The molecule has 1 fully saturated rings. The predicted molar refractivity (Wildman–Crippen MR) is 83.0 cm³/mol. The summed E-state index contributed by atoms with van der Waals surface area (Å²) in [5, 5.41) is 6.07. The van der Waals surface area contributed by atoms with Gasteiger partial charge < -0.3 is 15.5 Å². The molecule has 2 N–H and O–H groups in total. The molecule has 1 amide bonds. The lowest BCUT2D eigenvalue weighted by molar-refractivity contribution is -0.128. The van der Waals surface area contributed by atoms with Gasteiger partial charge in [-0.3, -0.25) is 4.79 Å². The van der Waals surface area contributed by atoms with E-state index in [2.05, 4.69) is 32.4 Å². The van der Waals surface area contributed by atoms with Crippen LogP contribution in [0.15, 0.2) is 12.4 Å². The number of nitrogens with one attached hydrogen (secondary N) is 2. The van der Waals surface area contributed by atoms with Crippen molar-refractivity contribution in [3.05, 3.63) is 18.0 Å². The summed E-state index contributed by atoms with van der Waals surface area (Å²) in [6.45, 7) is 7.41. The molecule has 0 saturated carbocycles. The number of aromatic nitrogens is 2. The zero-order valence-electron chi connectivity index (χ0n) is 13.1. The largest absolute Gasteiger partial charge is 0.359 e. The van der Waals surface area contributed by atoms with Crippen molar-refractivity contribution in [2.75, 3.05) is 31.6 Å². The van der Waals surface area contributed by atoms with Crippen molar-refractivity contribution in [2.24, 2.45) is 5.41 Å². The fourth-order valence-electron chi connectivity index (χ4n) is 2.63. The highest BCUT2D eigenvalue weighted by atomic mass is 16.2. The molecule has 21 heavy (non-hydrogen) atoms. The van der Waals surface area contributed by atoms with Crippen LogP contribution in [0.2, 0.25) is 0 Å². The topological polar surface area (TPSA) is 70.2 Å². The van der Waals surface area contributed by atoms with Gasteiger partial charge in [0.05, 0.1) is 5.41 Å². The first-order valence-corrected chi connectivity index (χ1v) is 7.58. The molecule has 116 valence electrons. The van der Waals surface area contributed by atoms with Gasteiger partial charge in [0.2, 0.25) is 11.9 Å². The molecule has 1 aliphatic rings. The van der Waals surface area contributed by atoms with Gasteiger partial charge in [-0.05, 0) is 26.3 Å². The third-order valence-electron chi connectivity index (χ3n) is 3.98. The molecule has 1 saturated heterocycles. The van der Waals surface area contributed by atoms with Gasteiger partial charge >= 0.3 is 0 Å². The first kappa shape index (κ1) is 15.7. The molecule has 6 nitrogen and oxygen atoms in total. The van der Waals surface area contributed by atoms with Crippen LogP contribution >= 0.6 is 0 Å². The molecule has 1 atom stereocenters. The Balaban J connectivity index is 1.96. The highest BCUT2D eigenvalue weighted by Crippen LogP contribution is 2.31. The van der Waals surface area contributed by atoms with E-state index in [1.807, 2.05) is 19.3 Å². The molecule has 6 heteroatoms. The van der Waals surface area contributed by atoms with Crippen LogP contribution in [0.25, 0.3) is 0 Å². The number of nitrogens with zero attached hydrogens (tertiary/aromatic N) is 3. The summed E-state index contributed by atoms with van der Waals surface area (Å²) in [6.07, 6.45) is 5.67. The van der Waals surface area contributed by atoms with Crippen LogP contribution in [-0.2, 0) is 11.3 Å². The van der Waals surface area contributed by atoms with Crippen molar-refractivity contribution >= 4 is 11.9 Å². The van der Waals surface area contributed by atoms with Gasteiger partial charge in [-0.2, -0.15) is 0 Å². The summed E-state index contributed by atoms with van der Waals surface area (Å²) in [4.78, 5) is 22.9. The maximum Gasteiger partial charge on any atom is 0.227 e. The van der Waals surface area contributed by atoms with Crippen molar-refractivity contribution in [3.8, 4) is 0 Å². The second-order valence-corrected chi connectivity index (χ2v) is 5.88. The standard InChI is InChI=1S/C15H25N5O/c1-4-6-17-8-12-9-18-14(19-10-12)20-7-5-15(2,11-20)13(21)16-3/h9-10,17H,4-8,11H2,1-3H3,(H,16,21). The minimum Gasteiger partial charge on any atom is -0.359 e. The maximum atomic E-state index is 11.9. The zero-order valence-corrected chi connectivity index (χ0v) is 13.1. The average molecular weight is 291 g/mol. The van der Waals surface area contributed by atoms with Crippen molar-refractivity contribution in [1.29, 1.82) is 0 Å². The monoisotopic (exact) mass is 291 g/mol. The van der Waals surface area contributed by atoms with Crippen LogP contribution in [0.5, 0.6) is 0 Å². The van der Waals surface area contributed by atoms with Crippen LogP contribution in [0, 0.1) is 5.41 Å². The Kier molecular flexibility index (Phi) is 5.12. The van der Waals surface area contributed by atoms with Crippen LogP contribution in [0.1, 0.15) is 32.3 Å². The smallest absolute Gasteiger partial charge is 0.227 e. The second-order valence-electron chi connectivity index (χ2n) is 5.88. The van der Waals surface area contributed by atoms with Gasteiger partial charge in [-0.1, -0.05) is 6.92 Å². The molecule has 0 radical (unpaired) electrons. The van der Waals surface area contributed by atoms with Crippen molar-refractivity contribution < 1.29 is 4.79 Å². The highest BCUT2D eigenvalue weighted by Gasteiger charge is 2.40. The predicted octanol–water partition coefficient (Wildman–Crippen LogP) is 0.939. The van der Waals surface area contributed by atoms with Crippen molar-refractivity contribution in [2.45, 2.75) is 33.2 Å². The Hall–Kier alpha value is -1.69.